The van der Waals surface area contributed by atoms with Gasteiger partial charge >= 0.3 is 0 Å². The lowest BCUT2D eigenvalue weighted by Crippen LogP contribution is -2.21. The van der Waals surface area contributed by atoms with Crippen LogP contribution in [0.25, 0.3) is 10.4 Å². The van der Waals surface area contributed by atoms with Crippen LogP contribution in [-0.4, -0.2) is 6.04 Å². The van der Waals surface area contributed by atoms with Crippen molar-refractivity contribution in [1.29, 1.82) is 0 Å². The molecule has 0 bridgehead atoms. The van der Waals surface area contributed by atoms with E-state index in [2.05, 4.69) is 81.4 Å². The molecule has 1 aromatic carbocycles. The molecule has 0 radical (unpaired) electrons. The average molecular weight is 389 g/mol. The molecule has 0 aliphatic carbocycles. The van der Waals surface area contributed by atoms with Crippen molar-refractivity contribution in [1.82, 2.24) is 5.32 Å². The number of rotatable bonds is 4. The molecule has 18 heavy (non-hydrogen) atoms. The van der Waals surface area contributed by atoms with Crippen LogP contribution in [0.4, 0.5) is 0 Å². The Morgan fingerprint density at radius 1 is 1.17 bits per heavy atom. The normalized spacial score (nSPS) is 11.2. The van der Waals surface area contributed by atoms with Crippen molar-refractivity contribution in [3.05, 3.63) is 44.2 Å². The van der Waals surface area contributed by atoms with Gasteiger partial charge in [0.1, 0.15) is 0 Å². The molecule has 0 amide bonds. The van der Waals surface area contributed by atoms with Crippen LogP contribution in [0, 0.1) is 0 Å². The number of hydrogen-bond donors (Lipinski definition) is 1. The topological polar surface area (TPSA) is 12.0 Å². The minimum absolute atomic E-state index is 0.523. The largest absolute Gasteiger partial charge is 0.310 e. The van der Waals surface area contributed by atoms with Crippen LogP contribution in [-0.2, 0) is 6.54 Å². The predicted molar refractivity (Wildman–Crippen MR) is 87.1 cm³/mol. The van der Waals surface area contributed by atoms with E-state index in [0.717, 1.165) is 15.5 Å². The van der Waals surface area contributed by atoms with E-state index in [-0.39, 0.29) is 0 Å². The van der Waals surface area contributed by atoms with E-state index >= 15 is 0 Å². The van der Waals surface area contributed by atoms with E-state index < -0.39 is 0 Å². The minimum atomic E-state index is 0.523. The number of hydrogen-bond acceptors (Lipinski definition) is 2. The van der Waals surface area contributed by atoms with Crippen LogP contribution in [0.15, 0.2) is 39.3 Å². The molecule has 0 spiro atoms. The van der Waals surface area contributed by atoms with Crippen LogP contribution in [0.3, 0.4) is 0 Å². The van der Waals surface area contributed by atoms with Crippen molar-refractivity contribution in [2.75, 3.05) is 0 Å². The Balaban J connectivity index is 2.18. The zero-order valence-corrected chi connectivity index (χ0v) is 14.3. The molecule has 0 unspecified atom stereocenters. The van der Waals surface area contributed by atoms with Crippen molar-refractivity contribution in [3.63, 3.8) is 0 Å². The summed E-state index contributed by atoms with van der Waals surface area (Å²) in [4.78, 5) is 2.67. The van der Waals surface area contributed by atoms with Gasteiger partial charge in [0.25, 0.3) is 0 Å². The van der Waals surface area contributed by atoms with Crippen molar-refractivity contribution in [3.8, 4) is 10.4 Å². The summed E-state index contributed by atoms with van der Waals surface area (Å²) in [7, 11) is 0. The van der Waals surface area contributed by atoms with Crippen LogP contribution in [0.2, 0.25) is 0 Å². The molecule has 1 N–H and O–H groups in total. The Morgan fingerprint density at radius 2 is 1.94 bits per heavy atom. The van der Waals surface area contributed by atoms with Gasteiger partial charge in [-0.1, -0.05) is 51.8 Å². The van der Waals surface area contributed by atoms with Gasteiger partial charge < -0.3 is 5.32 Å². The molecular formula is C14H15Br2NS. The highest BCUT2D eigenvalue weighted by molar-refractivity contribution is 9.11. The summed E-state index contributed by atoms with van der Waals surface area (Å²) in [5, 5.41) is 3.44. The third-order valence-corrected chi connectivity index (χ3v) is 4.81. The molecule has 0 saturated heterocycles. The van der Waals surface area contributed by atoms with Gasteiger partial charge in [-0.2, -0.15) is 0 Å². The molecule has 2 aromatic rings. The predicted octanol–water partition coefficient (Wildman–Crippen LogP) is 5.44. The summed E-state index contributed by atoms with van der Waals surface area (Å²) in [6.07, 6.45) is 0. The van der Waals surface area contributed by atoms with Crippen molar-refractivity contribution in [2.24, 2.45) is 0 Å². The van der Waals surface area contributed by atoms with E-state index in [1.54, 1.807) is 0 Å². The number of thiophene rings is 1. The van der Waals surface area contributed by atoms with Gasteiger partial charge in [-0.05, 0) is 24.3 Å². The van der Waals surface area contributed by atoms with Crippen LogP contribution < -0.4 is 5.32 Å². The van der Waals surface area contributed by atoms with Gasteiger partial charge in [0, 0.05) is 36.8 Å². The Bertz CT molecular complexity index is 534. The first-order valence-corrected chi connectivity index (χ1v) is 8.24. The summed E-state index contributed by atoms with van der Waals surface area (Å²) in [5.74, 6) is 0. The number of nitrogens with one attached hydrogen (secondary N) is 1. The van der Waals surface area contributed by atoms with Crippen molar-refractivity contribution in [2.45, 2.75) is 26.4 Å². The zero-order valence-electron chi connectivity index (χ0n) is 10.3. The van der Waals surface area contributed by atoms with Crippen LogP contribution in [0.5, 0.6) is 0 Å². The highest BCUT2D eigenvalue weighted by atomic mass is 79.9. The molecule has 0 fully saturated rings. The van der Waals surface area contributed by atoms with E-state index in [0.29, 0.717) is 6.04 Å². The first-order chi connectivity index (χ1) is 8.56. The van der Waals surface area contributed by atoms with Gasteiger partial charge in [-0.3, -0.25) is 0 Å². The molecule has 0 aliphatic rings. The molecule has 1 aromatic heterocycles. The maximum absolute atomic E-state index is 3.62. The molecule has 1 nitrogen and oxygen atoms in total. The highest BCUT2D eigenvalue weighted by Gasteiger charge is 2.07. The van der Waals surface area contributed by atoms with E-state index in [4.69, 9.17) is 0 Å². The molecule has 2 rings (SSSR count). The molecule has 1 heterocycles. The first kappa shape index (κ1) is 14.3. The first-order valence-electron chi connectivity index (χ1n) is 5.84. The third kappa shape index (κ3) is 3.67. The fourth-order valence-corrected chi connectivity index (χ4v) is 4.00. The SMILES string of the molecule is CC(C)NCc1ccc(-c2ccc(Br)cc2Br)s1. The van der Waals surface area contributed by atoms with E-state index in [1.807, 2.05) is 11.3 Å². The second-order valence-electron chi connectivity index (χ2n) is 4.43. The second-order valence-corrected chi connectivity index (χ2v) is 7.36. The number of halogens is 2. The Kier molecular flexibility index (Phi) is 5.01. The smallest absolute Gasteiger partial charge is 0.0357 e. The fraction of sp³-hybridized carbons (Fsp3) is 0.286. The lowest BCUT2D eigenvalue weighted by atomic mass is 10.2. The van der Waals surface area contributed by atoms with Crippen LogP contribution >= 0.6 is 43.2 Å². The van der Waals surface area contributed by atoms with Gasteiger partial charge in [0.05, 0.1) is 0 Å². The average Bonchev–Trinajstić information content (AvgIpc) is 2.75. The lowest BCUT2D eigenvalue weighted by molar-refractivity contribution is 0.593. The Labute approximate surface area is 129 Å². The highest BCUT2D eigenvalue weighted by Crippen LogP contribution is 2.35. The van der Waals surface area contributed by atoms with Gasteiger partial charge in [-0.25, -0.2) is 0 Å². The van der Waals surface area contributed by atoms with E-state index in [1.165, 1.54) is 15.3 Å². The maximum Gasteiger partial charge on any atom is 0.0357 e. The van der Waals surface area contributed by atoms with Crippen molar-refractivity contribution < 1.29 is 0 Å². The molecule has 0 atom stereocenters. The fourth-order valence-electron chi connectivity index (χ4n) is 1.61. The number of benzene rings is 1. The van der Waals surface area contributed by atoms with Crippen molar-refractivity contribution >= 4 is 43.2 Å². The zero-order chi connectivity index (χ0) is 13.1. The van der Waals surface area contributed by atoms with E-state index in [9.17, 15) is 0 Å². The summed E-state index contributed by atoms with van der Waals surface area (Å²) in [6.45, 7) is 5.27. The van der Waals surface area contributed by atoms with Gasteiger partial charge in [0.2, 0.25) is 0 Å². The molecular weight excluding hydrogens is 374 g/mol. The maximum atomic E-state index is 3.62. The monoisotopic (exact) mass is 387 g/mol. The third-order valence-electron chi connectivity index (χ3n) is 2.54. The second kappa shape index (κ2) is 6.33. The summed E-state index contributed by atoms with van der Waals surface area (Å²) >= 11 is 8.93. The Morgan fingerprint density at radius 3 is 2.61 bits per heavy atom. The van der Waals surface area contributed by atoms with Gasteiger partial charge in [0.15, 0.2) is 0 Å². The molecule has 4 heteroatoms. The molecule has 0 saturated carbocycles. The Hall–Kier alpha value is -0.160. The summed E-state index contributed by atoms with van der Waals surface area (Å²) in [6, 6.07) is 11.2. The summed E-state index contributed by atoms with van der Waals surface area (Å²) in [5.41, 5.74) is 1.25. The molecule has 96 valence electrons. The standard InChI is InChI=1S/C14H15Br2NS/c1-9(2)17-8-11-4-6-14(18-11)12-5-3-10(15)7-13(12)16/h3-7,9,17H,8H2,1-2H3. The minimum Gasteiger partial charge on any atom is -0.310 e. The quantitative estimate of drug-likeness (QED) is 0.735. The van der Waals surface area contributed by atoms with Crippen LogP contribution in [0.1, 0.15) is 18.7 Å². The molecule has 0 aliphatic heterocycles. The summed E-state index contributed by atoms with van der Waals surface area (Å²) < 4.78 is 2.22. The lowest BCUT2D eigenvalue weighted by Gasteiger charge is -2.05. The van der Waals surface area contributed by atoms with Gasteiger partial charge in [-0.15, -0.1) is 11.3 Å².